The molecule has 15 heavy (non-hydrogen) atoms. The second-order valence-corrected chi connectivity index (χ2v) is 5.76. The first-order chi connectivity index (χ1) is 6.94. The monoisotopic (exact) mass is 208 g/mol. The SMILES string of the molecule is CC1CCN(CCC(C)(C)C#N)C(C)C1. The zero-order chi connectivity index (χ0) is 11.5. The van der Waals surface area contributed by atoms with Gasteiger partial charge in [-0.1, -0.05) is 6.92 Å². The molecule has 0 bridgehead atoms. The molecule has 1 rings (SSSR count). The summed E-state index contributed by atoms with van der Waals surface area (Å²) in [6.07, 6.45) is 3.62. The fourth-order valence-electron chi connectivity index (χ4n) is 2.27. The lowest BCUT2D eigenvalue weighted by Gasteiger charge is -2.37. The number of hydrogen-bond donors (Lipinski definition) is 0. The van der Waals surface area contributed by atoms with Gasteiger partial charge in [-0.2, -0.15) is 5.26 Å². The van der Waals surface area contributed by atoms with E-state index >= 15 is 0 Å². The van der Waals surface area contributed by atoms with Gasteiger partial charge < -0.3 is 4.90 Å². The van der Waals surface area contributed by atoms with Gasteiger partial charge in [-0.05, 0) is 59.0 Å². The largest absolute Gasteiger partial charge is 0.301 e. The minimum absolute atomic E-state index is 0.164. The Bertz CT molecular complexity index is 239. The molecule has 0 aliphatic carbocycles. The first-order valence-corrected chi connectivity index (χ1v) is 6.10. The molecule has 0 N–H and O–H groups in total. The van der Waals surface area contributed by atoms with Crippen molar-refractivity contribution in [2.45, 2.75) is 53.0 Å². The van der Waals surface area contributed by atoms with Gasteiger partial charge in [0.25, 0.3) is 0 Å². The third-order valence-corrected chi connectivity index (χ3v) is 3.60. The maximum atomic E-state index is 8.96. The van der Waals surface area contributed by atoms with Crippen molar-refractivity contribution in [1.82, 2.24) is 4.90 Å². The van der Waals surface area contributed by atoms with Gasteiger partial charge in [0.1, 0.15) is 0 Å². The topological polar surface area (TPSA) is 27.0 Å². The molecule has 0 spiro atoms. The minimum atomic E-state index is -0.164. The molecule has 2 heteroatoms. The summed E-state index contributed by atoms with van der Waals surface area (Å²) in [5.74, 6) is 0.875. The minimum Gasteiger partial charge on any atom is -0.301 e. The van der Waals surface area contributed by atoms with Crippen LogP contribution in [0.3, 0.4) is 0 Å². The molecule has 1 saturated heterocycles. The molecule has 1 aliphatic rings. The molecule has 1 aliphatic heterocycles. The van der Waals surface area contributed by atoms with Crippen LogP contribution in [-0.4, -0.2) is 24.0 Å². The molecule has 0 amide bonds. The lowest BCUT2D eigenvalue weighted by molar-refractivity contribution is 0.118. The maximum Gasteiger partial charge on any atom is 0.0684 e. The van der Waals surface area contributed by atoms with Crippen LogP contribution in [0.4, 0.5) is 0 Å². The van der Waals surface area contributed by atoms with Gasteiger partial charge in [0.2, 0.25) is 0 Å². The number of nitrogens with zero attached hydrogens (tertiary/aromatic N) is 2. The molecule has 86 valence electrons. The Morgan fingerprint density at radius 1 is 1.40 bits per heavy atom. The third kappa shape index (κ3) is 3.83. The summed E-state index contributed by atoms with van der Waals surface area (Å²) in [5.41, 5.74) is -0.164. The van der Waals surface area contributed by atoms with Crippen LogP contribution in [0.25, 0.3) is 0 Å². The van der Waals surface area contributed by atoms with E-state index in [-0.39, 0.29) is 5.41 Å². The van der Waals surface area contributed by atoms with Crippen molar-refractivity contribution in [1.29, 1.82) is 5.26 Å². The summed E-state index contributed by atoms with van der Waals surface area (Å²) in [6.45, 7) is 11.0. The predicted molar refractivity (Wildman–Crippen MR) is 63.4 cm³/mol. The van der Waals surface area contributed by atoms with Gasteiger partial charge in [-0.3, -0.25) is 0 Å². The highest BCUT2D eigenvalue weighted by molar-refractivity contribution is 4.92. The Balaban J connectivity index is 2.37. The number of nitriles is 1. The summed E-state index contributed by atoms with van der Waals surface area (Å²) in [6, 6.07) is 3.08. The predicted octanol–water partition coefficient (Wildman–Crippen LogP) is 3.05. The Hall–Kier alpha value is -0.550. The number of piperidine rings is 1. The van der Waals surface area contributed by atoms with E-state index in [4.69, 9.17) is 5.26 Å². The van der Waals surface area contributed by atoms with Gasteiger partial charge in [0.15, 0.2) is 0 Å². The van der Waals surface area contributed by atoms with Crippen LogP contribution in [0.1, 0.15) is 47.0 Å². The van der Waals surface area contributed by atoms with E-state index in [1.54, 1.807) is 0 Å². The van der Waals surface area contributed by atoms with Crippen LogP contribution in [0.2, 0.25) is 0 Å². The zero-order valence-electron chi connectivity index (χ0n) is 10.6. The highest BCUT2D eigenvalue weighted by Crippen LogP contribution is 2.25. The molecule has 0 aromatic rings. The number of rotatable bonds is 3. The Morgan fingerprint density at radius 3 is 2.60 bits per heavy atom. The first kappa shape index (κ1) is 12.5. The van der Waals surface area contributed by atoms with Crippen molar-refractivity contribution < 1.29 is 0 Å². The van der Waals surface area contributed by atoms with E-state index in [1.807, 2.05) is 13.8 Å². The number of hydrogen-bond acceptors (Lipinski definition) is 2. The third-order valence-electron chi connectivity index (χ3n) is 3.60. The fraction of sp³-hybridized carbons (Fsp3) is 0.923. The Kier molecular flexibility index (Phi) is 4.16. The lowest BCUT2D eigenvalue weighted by Crippen LogP contribution is -2.41. The van der Waals surface area contributed by atoms with Crippen LogP contribution < -0.4 is 0 Å². The van der Waals surface area contributed by atoms with Gasteiger partial charge in [0, 0.05) is 6.04 Å². The molecule has 0 aromatic heterocycles. The van der Waals surface area contributed by atoms with Crippen molar-refractivity contribution in [3.8, 4) is 6.07 Å². The summed E-state index contributed by atoms with van der Waals surface area (Å²) in [5, 5.41) is 8.96. The van der Waals surface area contributed by atoms with Crippen LogP contribution in [0.5, 0.6) is 0 Å². The van der Waals surface area contributed by atoms with E-state index in [0.29, 0.717) is 6.04 Å². The lowest BCUT2D eigenvalue weighted by atomic mass is 9.89. The van der Waals surface area contributed by atoms with Gasteiger partial charge >= 0.3 is 0 Å². The maximum absolute atomic E-state index is 8.96. The highest BCUT2D eigenvalue weighted by Gasteiger charge is 2.25. The Labute approximate surface area is 94.3 Å². The zero-order valence-corrected chi connectivity index (χ0v) is 10.6. The van der Waals surface area contributed by atoms with Crippen molar-refractivity contribution in [2.75, 3.05) is 13.1 Å². The van der Waals surface area contributed by atoms with Crippen LogP contribution in [-0.2, 0) is 0 Å². The van der Waals surface area contributed by atoms with Gasteiger partial charge in [-0.15, -0.1) is 0 Å². The molecule has 0 radical (unpaired) electrons. The number of likely N-dealkylation sites (tertiary alicyclic amines) is 1. The average Bonchev–Trinajstić information content (AvgIpc) is 2.16. The molecule has 2 atom stereocenters. The van der Waals surface area contributed by atoms with Crippen molar-refractivity contribution in [3.63, 3.8) is 0 Å². The van der Waals surface area contributed by atoms with E-state index in [0.717, 1.165) is 18.9 Å². The molecule has 1 heterocycles. The van der Waals surface area contributed by atoms with Crippen molar-refractivity contribution >= 4 is 0 Å². The molecular weight excluding hydrogens is 184 g/mol. The summed E-state index contributed by atoms with van der Waals surface area (Å²) in [4.78, 5) is 2.54. The fourth-order valence-corrected chi connectivity index (χ4v) is 2.27. The summed E-state index contributed by atoms with van der Waals surface area (Å²) >= 11 is 0. The molecule has 0 saturated carbocycles. The second kappa shape index (κ2) is 4.99. The van der Waals surface area contributed by atoms with E-state index in [2.05, 4.69) is 24.8 Å². The Morgan fingerprint density at radius 2 is 2.07 bits per heavy atom. The molecule has 1 fully saturated rings. The van der Waals surface area contributed by atoms with Crippen molar-refractivity contribution in [2.24, 2.45) is 11.3 Å². The van der Waals surface area contributed by atoms with E-state index in [9.17, 15) is 0 Å². The first-order valence-electron chi connectivity index (χ1n) is 6.10. The standard InChI is InChI=1S/C13H24N2/c1-11-5-7-15(12(2)9-11)8-6-13(3,4)10-14/h11-12H,5-9H2,1-4H3. The van der Waals surface area contributed by atoms with E-state index in [1.165, 1.54) is 19.4 Å². The summed E-state index contributed by atoms with van der Waals surface area (Å²) < 4.78 is 0. The quantitative estimate of drug-likeness (QED) is 0.713. The second-order valence-electron chi connectivity index (χ2n) is 5.76. The van der Waals surface area contributed by atoms with Crippen LogP contribution in [0, 0.1) is 22.7 Å². The van der Waals surface area contributed by atoms with Crippen molar-refractivity contribution in [3.05, 3.63) is 0 Å². The smallest absolute Gasteiger partial charge is 0.0684 e. The molecule has 0 aromatic carbocycles. The normalized spacial score (nSPS) is 28.7. The summed E-state index contributed by atoms with van der Waals surface area (Å²) in [7, 11) is 0. The molecule has 2 nitrogen and oxygen atoms in total. The van der Waals surface area contributed by atoms with E-state index < -0.39 is 0 Å². The molecular formula is C13H24N2. The van der Waals surface area contributed by atoms with Gasteiger partial charge in [0.05, 0.1) is 11.5 Å². The van der Waals surface area contributed by atoms with Crippen LogP contribution in [0.15, 0.2) is 0 Å². The van der Waals surface area contributed by atoms with Gasteiger partial charge in [-0.25, -0.2) is 0 Å². The highest BCUT2D eigenvalue weighted by atomic mass is 15.2. The average molecular weight is 208 g/mol. The van der Waals surface area contributed by atoms with Crippen LogP contribution >= 0.6 is 0 Å². The molecule has 2 unspecified atom stereocenters.